The van der Waals surface area contributed by atoms with E-state index in [1.165, 1.54) is 67.0 Å². The topological polar surface area (TPSA) is 52.7 Å². The Hall–Kier alpha value is -2.33. The normalized spacial score (nSPS) is 20.2. The number of aryl methyl sites for hydroxylation is 2. The smallest absolute Gasteiger partial charge is 0.140 e. The number of aromatic nitrogens is 2. The maximum atomic E-state index is 4.84. The molecule has 0 amide bonds. The maximum absolute atomic E-state index is 4.84. The van der Waals surface area contributed by atoms with Gasteiger partial charge in [0, 0.05) is 17.3 Å². The summed E-state index contributed by atoms with van der Waals surface area (Å²) in [5, 5.41) is 8.29. The zero-order valence-electron chi connectivity index (χ0n) is 15.9. The number of aromatic amines is 1. The molecule has 0 bridgehead atoms. The highest BCUT2D eigenvalue weighted by Gasteiger charge is 2.18. The number of benzene rings is 1. The van der Waals surface area contributed by atoms with Gasteiger partial charge in [-0.3, -0.25) is 0 Å². The first-order valence-corrected chi connectivity index (χ1v) is 10.4. The maximum Gasteiger partial charge on any atom is 0.140 e. The van der Waals surface area contributed by atoms with Crippen LogP contribution in [0.5, 0.6) is 0 Å². The molecule has 0 saturated carbocycles. The molecule has 3 heterocycles. The van der Waals surface area contributed by atoms with Crippen molar-refractivity contribution < 1.29 is 0 Å². The zero-order chi connectivity index (χ0) is 18.1. The quantitative estimate of drug-likeness (QED) is 0.613. The fourth-order valence-corrected chi connectivity index (χ4v) is 4.72. The molecule has 4 heteroatoms. The lowest BCUT2D eigenvalue weighted by atomic mass is 9.91. The summed E-state index contributed by atoms with van der Waals surface area (Å²) in [6.07, 6.45) is 11.0. The highest BCUT2D eigenvalue weighted by molar-refractivity contribution is 5.82. The van der Waals surface area contributed by atoms with Crippen LogP contribution in [0.25, 0.3) is 11.0 Å². The van der Waals surface area contributed by atoms with Crippen molar-refractivity contribution in [1.29, 1.82) is 0 Å². The summed E-state index contributed by atoms with van der Waals surface area (Å²) in [5.74, 6) is 1.55. The van der Waals surface area contributed by atoms with Gasteiger partial charge in [-0.1, -0.05) is 6.07 Å². The van der Waals surface area contributed by atoms with Gasteiger partial charge < -0.3 is 15.6 Å². The number of hydrogen-bond donors (Lipinski definition) is 3. The Morgan fingerprint density at radius 3 is 2.81 bits per heavy atom. The van der Waals surface area contributed by atoms with Gasteiger partial charge in [0.15, 0.2) is 0 Å². The molecule has 5 rings (SSSR count). The summed E-state index contributed by atoms with van der Waals surface area (Å²) >= 11 is 0. The van der Waals surface area contributed by atoms with Gasteiger partial charge in [0.2, 0.25) is 0 Å². The van der Waals surface area contributed by atoms with E-state index in [9.17, 15) is 0 Å². The average molecular weight is 361 g/mol. The Bertz CT molecular complexity index is 935. The lowest BCUT2D eigenvalue weighted by molar-refractivity contribution is 0.613. The summed E-state index contributed by atoms with van der Waals surface area (Å²) < 4.78 is 0. The molecule has 1 fully saturated rings. The van der Waals surface area contributed by atoms with Crippen LogP contribution in [0.3, 0.4) is 0 Å². The highest BCUT2D eigenvalue weighted by Crippen LogP contribution is 2.32. The molecule has 27 heavy (non-hydrogen) atoms. The average Bonchev–Trinajstić information content (AvgIpc) is 2.93. The molecule has 0 radical (unpaired) electrons. The minimum absolute atomic E-state index is 0.634. The fraction of sp³-hybridized carbons (Fsp3) is 0.435. The molecule has 3 aromatic rings. The van der Waals surface area contributed by atoms with Crippen molar-refractivity contribution in [2.24, 2.45) is 0 Å². The van der Waals surface area contributed by atoms with Crippen molar-refractivity contribution in [1.82, 2.24) is 15.3 Å². The van der Waals surface area contributed by atoms with Gasteiger partial charge in [0.05, 0.1) is 0 Å². The monoisotopic (exact) mass is 360 g/mol. The lowest BCUT2D eigenvalue weighted by Crippen LogP contribution is -2.13. The summed E-state index contributed by atoms with van der Waals surface area (Å²) in [6, 6.07) is 11.1. The molecular formula is C23H28N4. The Morgan fingerprint density at radius 1 is 0.926 bits per heavy atom. The number of fused-ring (bicyclic) bond motifs is 2. The van der Waals surface area contributed by atoms with Gasteiger partial charge in [-0.2, -0.15) is 0 Å². The summed E-state index contributed by atoms with van der Waals surface area (Å²) in [4.78, 5) is 8.25. The second-order valence-electron chi connectivity index (χ2n) is 8.03. The minimum atomic E-state index is 0.634. The first kappa shape index (κ1) is 16.8. The number of rotatable bonds is 3. The Labute approximate surface area is 160 Å². The van der Waals surface area contributed by atoms with Gasteiger partial charge in [0.25, 0.3) is 0 Å². The van der Waals surface area contributed by atoms with Gasteiger partial charge in [0.1, 0.15) is 11.5 Å². The number of anilines is 2. The molecule has 140 valence electrons. The van der Waals surface area contributed by atoms with E-state index in [-0.39, 0.29) is 0 Å². The van der Waals surface area contributed by atoms with Crippen LogP contribution in [0.15, 0.2) is 36.5 Å². The van der Waals surface area contributed by atoms with Crippen LogP contribution in [-0.4, -0.2) is 23.1 Å². The lowest BCUT2D eigenvalue weighted by Gasteiger charge is -2.17. The Morgan fingerprint density at radius 2 is 1.85 bits per heavy atom. The third kappa shape index (κ3) is 3.46. The van der Waals surface area contributed by atoms with Crippen LogP contribution in [-0.2, 0) is 12.8 Å². The van der Waals surface area contributed by atoms with Gasteiger partial charge in [-0.05, 0) is 105 Å². The van der Waals surface area contributed by atoms with Crippen molar-refractivity contribution in [3.8, 4) is 0 Å². The minimum Gasteiger partial charge on any atom is -0.346 e. The first-order chi connectivity index (χ1) is 13.4. The van der Waals surface area contributed by atoms with Crippen molar-refractivity contribution in [2.45, 2.75) is 50.9 Å². The van der Waals surface area contributed by atoms with Crippen LogP contribution in [0.1, 0.15) is 54.7 Å². The second-order valence-corrected chi connectivity index (χ2v) is 8.03. The number of nitrogens with zero attached hydrogens (tertiary/aromatic N) is 1. The molecule has 0 spiro atoms. The van der Waals surface area contributed by atoms with Crippen LogP contribution < -0.4 is 10.6 Å². The van der Waals surface area contributed by atoms with Crippen molar-refractivity contribution in [3.05, 3.63) is 53.2 Å². The van der Waals surface area contributed by atoms with E-state index < -0.39 is 0 Å². The van der Waals surface area contributed by atoms with E-state index in [1.807, 2.05) is 0 Å². The number of nitrogens with one attached hydrogen (secondary N) is 3. The van der Waals surface area contributed by atoms with E-state index in [4.69, 9.17) is 4.98 Å². The number of H-pyrrole nitrogens is 1. The third-order valence-corrected chi connectivity index (χ3v) is 6.21. The van der Waals surface area contributed by atoms with E-state index >= 15 is 0 Å². The van der Waals surface area contributed by atoms with Crippen molar-refractivity contribution >= 4 is 22.5 Å². The van der Waals surface area contributed by atoms with Crippen molar-refractivity contribution in [2.75, 3.05) is 18.4 Å². The van der Waals surface area contributed by atoms with Gasteiger partial charge >= 0.3 is 0 Å². The van der Waals surface area contributed by atoms with Crippen LogP contribution in [0.4, 0.5) is 11.5 Å². The number of pyridine rings is 1. The molecule has 1 aliphatic heterocycles. The second kappa shape index (κ2) is 7.35. The predicted octanol–water partition coefficient (Wildman–Crippen LogP) is 5.04. The molecule has 1 saturated heterocycles. The predicted molar refractivity (Wildman–Crippen MR) is 112 cm³/mol. The zero-order valence-corrected chi connectivity index (χ0v) is 15.9. The van der Waals surface area contributed by atoms with Gasteiger partial charge in [-0.15, -0.1) is 0 Å². The van der Waals surface area contributed by atoms with E-state index in [2.05, 4.69) is 52.1 Å². The van der Waals surface area contributed by atoms with E-state index in [1.54, 1.807) is 0 Å². The molecule has 2 aromatic heterocycles. The molecule has 1 aromatic carbocycles. The molecule has 1 atom stereocenters. The van der Waals surface area contributed by atoms with E-state index in [0.717, 1.165) is 30.2 Å². The van der Waals surface area contributed by atoms with Crippen LogP contribution >= 0.6 is 0 Å². The number of hydrogen-bond acceptors (Lipinski definition) is 3. The summed E-state index contributed by atoms with van der Waals surface area (Å²) in [7, 11) is 0. The Balaban J connectivity index is 1.39. The molecule has 4 nitrogen and oxygen atoms in total. The summed E-state index contributed by atoms with van der Waals surface area (Å²) in [6.45, 7) is 2.26. The van der Waals surface area contributed by atoms with Gasteiger partial charge in [-0.25, -0.2) is 4.98 Å². The van der Waals surface area contributed by atoms with Crippen molar-refractivity contribution in [3.63, 3.8) is 0 Å². The molecule has 3 N–H and O–H groups in total. The largest absolute Gasteiger partial charge is 0.346 e. The standard InChI is InChI=1S/C23H28N4/c1-2-5-18-14-19(8-7-16(18)4-1)26-22-10-9-20-21(15-25-23(20)27-22)17-6-3-12-24-13-11-17/h7-10,14-15,17,24H,1-6,11-13H2,(H2,25,26,27). The van der Waals surface area contributed by atoms with E-state index in [0.29, 0.717) is 5.92 Å². The molecule has 2 aliphatic rings. The third-order valence-electron chi connectivity index (χ3n) is 6.21. The molecular weight excluding hydrogens is 332 g/mol. The fourth-order valence-electron chi connectivity index (χ4n) is 4.72. The molecule has 1 unspecified atom stereocenters. The van der Waals surface area contributed by atoms with Crippen LogP contribution in [0.2, 0.25) is 0 Å². The first-order valence-electron chi connectivity index (χ1n) is 10.4. The Kier molecular flexibility index (Phi) is 4.58. The molecule has 1 aliphatic carbocycles. The highest BCUT2D eigenvalue weighted by atomic mass is 15.0. The van der Waals surface area contributed by atoms with Crippen LogP contribution in [0, 0.1) is 0 Å². The summed E-state index contributed by atoms with van der Waals surface area (Å²) in [5.41, 5.74) is 6.58. The SMILES string of the molecule is c1cc2c(cc1Nc1ccc3c(C4CCCNCC4)c[nH]c3n1)CCCC2.